The Kier molecular flexibility index (Phi) is 4.78. The van der Waals surface area contributed by atoms with E-state index in [0.717, 1.165) is 17.7 Å². The number of aromatic hydroxyl groups is 1. The van der Waals surface area contributed by atoms with Crippen molar-refractivity contribution in [2.24, 2.45) is 11.7 Å². The van der Waals surface area contributed by atoms with Gasteiger partial charge in [0.2, 0.25) is 5.91 Å². The maximum absolute atomic E-state index is 12.9. The molecule has 0 saturated heterocycles. The number of amides is 1. The third-order valence-electron chi connectivity index (χ3n) is 4.40. The lowest BCUT2D eigenvalue weighted by Gasteiger charge is -2.34. The van der Waals surface area contributed by atoms with Crippen molar-refractivity contribution >= 4 is 23.2 Å². The van der Waals surface area contributed by atoms with Crippen molar-refractivity contribution in [2.75, 3.05) is 11.4 Å². The molecule has 0 fully saturated rings. The minimum Gasteiger partial charge on any atom is -0.508 e. The lowest BCUT2D eigenvalue weighted by atomic mass is 9.93. The maximum Gasteiger partial charge on any atom is 0.244 e. The van der Waals surface area contributed by atoms with Crippen molar-refractivity contribution in [2.45, 2.75) is 25.8 Å². The lowest BCUT2D eigenvalue weighted by Crippen LogP contribution is -2.48. The number of para-hydroxylation sites is 1. The SMILES string of the molecule is CC1Cc2ccccc2N(C(=O)[C@@H](N)Cc2ccc(O)cc2Cl)C1. The number of nitrogens with two attached hydrogens (primary N) is 1. The van der Waals surface area contributed by atoms with E-state index in [9.17, 15) is 9.90 Å². The largest absolute Gasteiger partial charge is 0.508 e. The quantitative estimate of drug-likeness (QED) is 0.898. The average Bonchev–Trinajstić information content (AvgIpc) is 2.55. The standard InChI is InChI=1S/C19H21ClN2O2/c1-12-8-14-4-2-3-5-18(14)22(11-12)19(24)17(21)9-13-6-7-15(23)10-16(13)20/h2-7,10,12,17,23H,8-9,11,21H2,1H3/t12?,17-/m0/s1. The molecule has 0 aromatic heterocycles. The minimum absolute atomic E-state index is 0.0989. The van der Waals surface area contributed by atoms with E-state index in [0.29, 0.717) is 23.9 Å². The predicted octanol–water partition coefficient (Wildman–Crippen LogP) is 3.14. The van der Waals surface area contributed by atoms with E-state index in [1.165, 1.54) is 11.6 Å². The first kappa shape index (κ1) is 16.8. The number of phenolic OH excluding ortho intramolecular Hbond substituents is 1. The van der Waals surface area contributed by atoms with Crippen molar-refractivity contribution in [1.29, 1.82) is 0 Å². The molecule has 2 aromatic rings. The molecular weight excluding hydrogens is 324 g/mol. The molecule has 0 aliphatic carbocycles. The number of halogens is 1. The summed E-state index contributed by atoms with van der Waals surface area (Å²) in [5.41, 5.74) is 9.07. The van der Waals surface area contributed by atoms with Gasteiger partial charge < -0.3 is 15.7 Å². The Hall–Kier alpha value is -2.04. The second-order valence-corrected chi connectivity index (χ2v) is 6.88. The topological polar surface area (TPSA) is 66.6 Å². The molecule has 4 nitrogen and oxygen atoms in total. The lowest BCUT2D eigenvalue weighted by molar-refractivity contribution is -0.120. The number of rotatable bonds is 3. The summed E-state index contributed by atoms with van der Waals surface area (Å²) in [5.74, 6) is 0.397. The van der Waals surface area contributed by atoms with Gasteiger partial charge in [-0.25, -0.2) is 0 Å². The van der Waals surface area contributed by atoms with E-state index >= 15 is 0 Å². The Bertz CT molecular complexity index is 763. The monoisotopic (exact) mass is 344 g/mol. The Morgan fingerprint density at radius 2 is 2.12 bits per heavy atom. The first-order chi connectivity index (χ1) is 11.5. The molecule has 0 radical (unpaired) electrons. The second-order valence-electron chi connectivity index (χ2n) is 6.47. The summed E-state index contributed by atoms with van der Waals surface area (Å²) < 4.78 is 0. The van der Waals surface area contributed by atoms with Crippen molar-refractivity contribution < 1.29 is 9.90 Å². The molecule has 2 atom stereocenters. The van der Waals surface area contributed by atoms with Crippen LogP contribution in [0.1, 0.15) is 18.1 Å². The van der Waals surface area contributed by atoms with Crippen LogP contribution in [0.2, 0.25) is 5.02 Å². The number of anilines is 1. The molecule has 1 aliphatic rings. The van der Waals surface area contributed by atoms with Gasteiger partial charge >= 0.3 is 0 Å². The molecule has 0 spiro atoms. The van der Waals surface area contributed by atoms with Crippen LogP contribution in [0.15, 0.2) is 42.5 Å². The molecule has 3 rings (SSSR count). The third-order valence-corrected chi connectivity index (χ3v) is 4.76. The number of nitrogens with zero attached hydrogens (tertiary/aromatic N) is 1. The fourth-order valence-electron chi connectivity index (χ4n) is 3.23. The van der Waals surface area contributed by atoms with Gasteiger partial charge in [-0.3, -0.25) is 4.79 Å². The van der Waals surface area contributed by atoms with E-state index in [1.54, 1.807) is 17.0 Å². The average molecular weight is 345 g/mol. The highest BCUT2D eigenvalue weighted by atomic mass is 35.5. The number of phenols is 1. The molecule has 1 aliphatic heterocycles. The minimum atomic E-state index is -0.676. The molecule has 1 amide bonds. The normalized spacial score (nSPS) is 18.1. The number of hydrogen-bond donors (Lipinski definition) is 2. The fraction of sp³-hybridized carbons (Fsp3) is 0.316. The molecule has 2 aromatic carbocycles. The summed E-state index contributed by atoms with van der Waals surface area (Å²) in [6.07, 6.45) is 1.31. The van der Waals surface area contributed by atoms with Gasteiger partial charge in [0.1, 0.15) is 5.75 Å². The molecule has 0 saturated carbocycles. The third kappa shape index (κ3) is 3.40. The Morgan fingerprint density at radius 3 is 2.88 bits per heavy atom. The van der Waals surface area contributed by atoms with Gasteiger partial charge in [-0.15, -0.1) is 0 Å². The zero-order valence-electron chi connectivity index (χ0n) is 13.6. The summed E-state index contributed by atoms with van der Waals surface area (Å²) in [6.45, 7) is 2.81. The van der Waals surface area contributed by atoms with Gasteiger partial charge in [-0.2, -0.15) is 0 Å². The smallest absolute Gasteiger partial charge is 0.244 e. The molecule has 0 bridgehead atoms. The van der Waals surface area contributed by atoms with Crippen LogP contribution in [0.4, 0.5) is 5.69 Å². The molecule has 24 heavy (non-hydrogen) atoms. The molecule has 126 valence electrons. The van der Waals surface area contributed by atoms with E-state index in [4.69, 9.17) is 17.3 Å². The van der Waals surface area contributed by atoms with E-state index in [-0.39, 0.29) is 11.7 Å². The predicted molar refractivity (Wildman–Crippen MR) is 96.5 cm³/mol. The van der Waals surface area contributed by atoms with Gasteiger partial charge in [0.15, 0.2) is 0 Å². The number of benzene rings is 2. The molecule has 1 heterocycles. The van der Waals surface area contributed by atoms with Gasteiger partial charge in [0.25, 0.3) is 0 Å². The molecule has 1 unspecified atom stereocenters. The van der Waals surface area contributed by atoms with Crippen molar-refractivity contribution in [3.8, 4) is 5.75 Å². The van der Waals surface area contributed by atoms with Crippen molar-refractivity contribution in [3.05, 3.63) is 58.6 Å². The van der Waals surface area contributed by atoms with Crippen LogP contribution in [0.5, 0.6) is 5.75 Å². The highest BCUT2D eigenvalue weighted by Gasteiger charge is 2.29. The van der Waals surface area contributed by atoms with Crippen LogP contribution in [-0.2, 0) is 17.6 Å². The zero-order chi connectivity index (χ0) is 17.3. The summed E-state index contributed by atoms with van der Waals surface area (Å²) in [6, 6.07) is 12.0. The summed E-state index contributed by atoms with van der Waals surface area (Å²) >= 11 is 6.13. The van der Waals surface area contributed by atoms with Gasteiger partial charge in [-0.05, 0) is 48.1 Å². The van der Waals surface area contributed by atoms with Crippen LogP contribution in [-0.4, -0.2) is 23.6 Å². The summed E-state index contributed by atoms with van der Waals surface area (Å²) in [7, 11) is 0. The Labute approximate surface area is 146 Å². The van der Waals surface area contributed by atoms with E-state index < -0.39 is 6.04 Å². The molecular formula is C19H21ClN2O2. The van der Waals surface area contributed by atoms with Gasteiger partial charge in [-0.1, -0.05) is 42.8 Å². The van der Waals surface area contributed by atoms with E-state index in [1.807, 2.05) is 18.2 Å². The van der Waals surface area contributed by atoms with Gasteiger partial charge in [0, 0.05) is 17.3 Å². The van der Waals surface area contributed by atoms with Crippen LogP contribution in [0.25, 0.3) is 0 Å². The van der Waals surface area contributed by atoms with Crippen LogP contribution in [0, 0.1) is 5.92 Å². The summed E-state index contributed by atoms with van der Waals surface area (Å²) in [5, 5.41) is 9.85. The van der Waals surface area contributed by atoms with Crippen LogP contribution >= 0.6 is 11.6 Å². The molecule has 3 N–H and O–H groups in total. The fourth-order valence-corrected chi connectivity index (χ4v) is 3.48. The first-order valence-corrected chi connectivity index (χ1v) is 8.45. The van der Waals surface area contributed by atoms with Crippen LogP contribution in [0.3, 0.4) is 0 Å². The highest BCUT2D eigenvalue weighted by molar-refractivity contribution is 6.31. The number of carbonyl (C=O) groups is 1. The zero-order valence-corrected chi connectivity index (χ0v) is 14.3. The number of carbonyl (C=O) groups excluding carboxylic acids is 1. The highest BCUT2D eigenvalue weighted by Crippen LogP contribution is 2.30. The van der Waals surface area contributed by atoms with Gasteiger partial charge in [0.05, 0.1) is 6.04 Å². The second kappa shape index (κ2) is 6.83. The number of hydrogen-bond acceptors (Lipinski definition) is 3. The Morgan fingerprint density at radius 1 is 1.38 bits per heavy atom. The maximum atomic E-state index is 12.9. The van der Waals surface area contributed by atoms with Crippen molar-refractivity contribution in [1.82, 2.24) is 0 Å². The van der Waals surface area contributed by atoms with E-state index in [2.05, 4.69) is 13.0 Å². The van der Waals surface area contributed by atoms with Crippen molar-refractivity contribution in [3.63, 3.8) is 0 Å². The Balaban J connectivity index is 1.81. The van der Waals surface area contributed by atoms with Crippen LogP contribution < -0.4 is 10.6 Å². The number of fused-ring (bicyclic) bond motifs is 1. The summed E-state index contributed by atoms with van der Waals surface area (Å²) in [4.78, 5) is 14.7. The first-order valence-electron chi connectivity index (χ1n) is 8.08. The molecule has 5 heteroatoms.